The summed E-state index contributed by atoms with van der Waals surface area (Å²) in [6.45, 7) is -4.54. The van der Waals surface area contributed by atoms with Gasteiger partial charge in [0.05, 0.1) is 33.0 Å². The van der Waals surface area contributed by atoms with E-state index in [9.17, 15) is 81.7 Å². The van der Waals surface area contributed by atoms with Crippen molar-refractivity contribution in [1.82, 2.24) is 0 Å². The summed E-state index contributed by atoms with van der Waals surface area (Å²) in [5, 5.41) is 167. The van der Waals surface area contributed by atoms with Gasteiger partial charge in [-0.2, -0.15) is 0 Å². The summed E-state index contributed by atoms with van der Waals surface area (Å²) >= 11 is 0. The minimum Gasteiger partial charge on any atom is -0.394 e. The predicted molar refractivity (Wildman–Crippen MR) is 171 cm³/mol. The molecule has 0 radical (unpaired) electrons. The lowest BCUT2D eigenvalue weighted by Crippen LogP contribution is -2.68. The molecule has 25 atom stereocenters. The fraction of sp³-hybridized carbons (Fsp3) is 1.00. The topological polar surface area (TPSA) is 416 Å². The average Bonchev–Trinajstić information content (AvgIpc) is 3.65. The zero-order chi connectivity index (χ0) is 42.0. The zero-order valence-electron chi connectivity index (χ0n) is 30.2. The maximum absolute atomic E-state index is 11.5. The van der Waals surface area contributed by atoms with Gasteiger partial charge in [-0.15, -0.1) is 0 Å². The van der Waals surface area contributed by atoms with Crippen molar-refractivity contribution >= 4 is 0 Å². The van der Waals surface area contributed by atoms with Gasteiger partial charge in [0, 0.05) is 7.11 Å². The lowest BCUT2D eigenvalue weighted by atomic mass is 9.96. The molecule has 0 aromatic rings. The van der Waals surface area contributed by atoms with Crippen molar-refractivity contribution in [3.8, 4) is 0 Å². The lowest BCUT2D eigenvalue weighted by Gasteiger charge is -2.50. The Labute approximate surface area is 323 Å². The molecule has 0 saturated carbocycles. The number of ether oxygens (including phenoxy) is 10. The minimum absolute atomic E-state index is 0.769. The Morgan fingerprint density at radius 2 is 0.772 bits per heavy atom. The molecule has 5 rings (SSSR count). The summed E-state index contributed by atoms with van der Waals surface area (Å²) in [4.78, 5) is 0. The highest BCUT2D eigenvalue weighted by Gasteiger charge is 2.58. The van der Waals surface area contributed by atoms with Gasteiger partial charge in [-0.25, -0.2) is 0 Å². The second-order valence-electron chi connectivity index (χ2n) is 14.2. The Balaban J connectivity index is 1.48. The van der Waals surface area contributed by atoms with Gasteiger partial charge < -0.3 is 129 Å². The Morgan fingerprint density at radius 1 is 0.386 bits per heavy atom. The van der Waals surface area contributed by atoms with Crippen LogP contribution in [0.5, 0.6) is 0 Å². The number of hydrogen-bond donors (Lipinski definition) is 16. The molecule has 0 spiro atoms. The van der Waals surface area contributed by atoms with Gasteiger partial charge in [0.25, 0.3) is 0 Å². The number of aliphatic hydroxyl groups is 16. The molecule has 57 heavy (non-hydrogen) atoms. The van der Waals surface area contributed by atoms with E-state index < -0.39 is 187 Å². The van der Waals surface area contributed by atoms with E-state index >= 15 is 0 Å². The van der Waals surface area contributed by atoms with Gasteiger partial charge in [-0.3, -0.25) is 0 Å². The van der Waals surface area contributed by atoms with Crippen molar-refractivity contribution in [3.05, 3.63) is 0 Å². The molecule has 0 aromatic heterocycles. The first-order chi connectivity index (χ1) is 27.1. The van der Waals surface area contributed by atoms with Crippen molar-refractivity contribution in [2.45, 2.75) is 154 Å². The Bertz CT molecular complexity index is 1220. The molecular weight excluding hydrogens is 788 g/mol. The molecule has 5 aliphatic rings. The van der Waals surface area contributed by atoms with Crippen molar-refractivity contribution < 1.29 is 129 Å². The van der Waals surface area contributed by atoms with E-state index in [1.54, 1.807) is 0 Å². The summed E-state index contributed by atoms with van der Waals surface area (Å²) < 4.78 is 56.4. The van der Waals surface area contributed by atoms with Crippen LogP contribution in [-0.4, -0.2) is 275 Å². The molecule has 0 amide bonds. The van der Waals surface area contributed by atoms with Gasteiger partial charge in [0.2, 0.25) is 0 Å². The summed E-state index contributed by atoms with van der Waals surface area (Å²) in [6.07, 6.45) is -45.8. The summed E-state index contributed by atoms with van der Waals surface area (Å²) in [7, 11) is 1.12. The van der Waals surface area contributed by atoms with E-state index in [1.165, 1.54) is 0 Å². The van der Waals surface area contributed by atoms with Crippen LogP contribution in [0.1, 0.15) is 0 Å². The van der Waals surface area contributed by atoms with Gasteiger partial charge in [-0.1, -0.05) is 0 Å². The van der Waals surface area contributed by atoms with Crippen LogP contribution in [-0.2, 0) is 47.4 Å². The van der Waals surface area contributed by atoms with E-state index in [0.717, 1.165) is 7.11 Å². The fourth-order valence-corrected chi connectivity index (χ4v) is 7.20. The van der Waals surface area contributed by atoms with Gasteiger partial charge in [0.15, 0.2) is 31.5 Å². The van der Waals surface area contributed by atoms with E-state index in [2.05, 4.69) is 0 Å². The zero-order valence-corrected chi connectivity index (χ0v) is 30.2. The molecule has 5 aliphatic heterocycles. The maximum atomic E-state index is 11.5. The third-order valence-electron chi connectivity index (χ3n) is 10.5. The van der Waals surface area contributed by atoms with Crippen LogP contribution in [0.2, 0.25) is 0 Å². The Morgan fingerprint density at radius 3 is 1.25 bits per heavy atom. The monoisotopic (exact) mass is 842 g/mol. The molecule has 5 saturated heterocycles. The molecule has 26 nitrogen and oxygen atoms in total. The molecular formula is C31H54O26. The molecule has 16 N–H and O–H groups in total. The summed E-state index contributed by atoms with van der Waals surface area (Å²) in [6, 6.07) is 0. The third kappa shape index (κ3) is 9.56. The maximum Gasteiger partial charge on any atom is 0.187 e. The molecule has 0 bridgehead atoms. The van der Waals surface area contributed by atoms with Crippen LogP contribution in [0.3, 0.4) is 0 Å². The number of rotatable bonds is 16. The van der Waals surface area contributed by atoms with Gasteiger partial charge in [-0.05, 0) is 0 Å². The smallest absolute Gasteiger partial charge is 0.187 e. The van der Waals surface area contributed by atoms with Crippen molar-refractivity contribution in [2.24, 2.45) is 0 Å². The highest BCUT2D eigenvalue weighted by Crippen LogP contribution is 2.37. The first kappa shape index (κ1) is 47.0. The standard InChI is InChI=1S/C31H54O26/c1-48-30-25(15(42)12(39)9(4-34)50-30)56-31-26(24(14(41)11(6-36)51-31)55-28-19(46)17(44)22(53-28)8(38)3-33)57-29-20(47)23(13(40)10(5-35)49-29)54-27-18(45)16(43)21(52-27)7(37)2-32/h7-47H,2-6H2,1H3/t7-,8-,9-,10-,11-,12-,13-,14-,15+,16-,17-,18-,19-,20+,21+,22+,23+,24+,25+,26+,27+,28+,29-,30+,31-/m1/s1. The number of hydrogen-bond acceptors (Lipinski definition) is 26. The van der Waals surface area contributed by atoms with Crippen molar-refractivity contribution in [3.63, 3.8) is 0 Å². The van der Waals surface area contributed by atoms with Gasteiger partial charge in [0.1, 0.15) is 122 Å². The second kappa shape index (κ2) is 20.2. The largest absolute Gasteiger partial charge is 0.394 e. The fourth-order valence-electron chi connectivity index (χ4n) is 7.20. The molecule has 334 valence electrons. The number of methoxy groups -OCH3 is 1. The normalized spacial score (nSPS) is 50.6. The Kier molecular flexibility index (Phi) is 16.7. The lowest BCUT2D eigenvalue weighted by molar-refractivity contribution is -0.405. The van der Waals surface area contributed by atoms with E-state index in [-0.39, 0.29) is 0 Å². The second-order valence-corrected chi connectivity index (χ2v) is 14.2. The molecule has 0 aliphatic carbocycles. The van der Waals surface area contributed by atoms with E-state index in [4.69, 9.17) is 47.4 Å². The van der Waals surface area contributed by atoms with Crippen LogP contribution in [0.4, 0.5) is 0 Å². The number of aliphatic hydroxyl groups excluding tert-OH is 16. The average molecular weight is 843 g/mol. The first-order valence-electron chi connectivity index (χ1n) is 18.0. The highest BCUT2D eigenvalue weighted by atomic mass is 16.8. The van der Waals surface area contributed by atoms with Crippen LogP contribution in [0, 0.1) is 0 Å². The molecule has 0 unspecified atom stereocenters. The minimum atomic E-state index is -2.17. The van der Waals surface area contributed by atoms with Crippen molar-refractivity contribution in [2.75, 3.05) is 40.1 Å². The molecule has 0 aromatic carbocycles. The third-order valence-corrected chi connectivity index (χ3v) is 10.5. The highest BCUT2D eigenvalue weighted by molar-refractivity contribution is 5.00. The predicted octanol–water partition coefficient (Wildman–Crippen LogP) is -11.3. The summed E-state index contributed by atoms with van der Waals surface area (Å²) in [5.74, 6) is 0. The van der Waals surface area contributed by atoms with Crippen LogP contribution >= 0.6 is 0 Å². The SMILES string of the molecule is CO[C@H]1O[C@H](CO)[C@@H](O)[C@H](O)[C@@H]1O[C@H]1O[C@H](CO)[C@@H](O)[C@H](O[C@@H]2O[C@@H]([C@H](O)CO)[C@H](O)[C@H]2O)[C@@H]1O[C@H]1O[C@H](CO)[C@@H](O)[C@H](O[C@@H]2O[C@@H]([C@H](O)CO)[C@H](O)[C@H]2O)[C@@H]1O. The van der Waals surface area contributed by atoms with Crippen LogP contribution in [0.15, 0.2) is 0 Å². The van der Waals surface area contributed by atoms with Crippen LogP contribution in [0.25, 0.3) is 0 Å². The first-order valence-corrected chi connectivity index (χ1v) is 18.0. The van der Waals surface area contributed by atoms with Gasteiger partial charge >= 0.3 is 0 Å². The molecule has 26 heteroatoms. The van der Waals surface area contributed by atoms with E-state index in [1.807, 2.05) is 0 Å². The summed E-state index contributed by atoms with van der Waals surface area (Å²) in [5.41, 5.74) is 0. The molecule has 5 fully saturated rings. The van der Waals surface area contributed by atoms with Crippen LogP contribution < -0.4 is 0 Å². The van der Waals surface area contributed by atoms with E-state index in [0.29, 0.717) is 0 Å². The Hall–Kier alpha value is -1.04. The van der Waals surface area contributed by atoms with Crippen molar-refractivity contribution in [1.29, 1.82) is 0 Å². The quantitative estimate of drug-likeness (QED) is 0.0686. The molecule has 5 heterocycles.